The number of hydrogen-bond acceptors (Lipinski definition) is 9. The second-order valence-electron chi connectivity index (χ2n) is 13.4. The Morgan fingerprint density at radius 2 is 1.62 bits per heavy atom. The molecule has 5 aromatic rings. The van der Waals surface area contributed by atoms with Crippen LogP contribution in [0.1, 0.15) is 72.8 Å². The van der Waals surface area contributed by atoms with Gasteiger partial charge in [0.2, 0.25) is 0 Å². The Labute approximate surface area is 311 Å². The lowest BCUT2D eigenvalue weighted by atomic mass is 9.98. The van der Waals surface area contributed by atoms with Crippen molar-refractivity contribution in [3.8, 4) is 22.5 Å². The molecule has 2 aromatic heterocycles. The summed E-state index contributed by atoms with van der Waals surface area (Å²) in [6.07, 6.45) is 3.44. The molecule has 0 radical (unpaired) electrons. The molecule has 0 bridgehead atoms. The van der Waals surface area contributed by atoms with E-state index in [9.17, 15) is 4.79 Å². The van der Waals surface area contributed by atoms with Gasteiger partial charge in [0.05, 0.1) is 11.3 Å². The number of piperazine rings is 1. The lowest BCUT2D eigenvalue weighted by Gasteiger charge is -2.32. The minimum atomic E-state index is -0.380. The minimum absolute atomic E-state index is 0.0301. The maximum absolute atomic E-state index is 13.2. The molecule has 3 aromatic carbocycles. The van der Waals surface area contributed by atoms with Gasteiger partial charge in [0.1, 0.15) is 12.4 Å². The van der Waals surface area contributed by atoms with Crippen LogP contribution in [0.5, 0.6) is 0 Å². The molecule has 0 amide bonds. The average molecular weight is 725 g/mol. The summed E-state index contributed by atoms with van der Waals surface area (Å²) in [4.78, 5) is 22.7. The van der Waals surface area contributed by atoms with Crippen molar-refractivity contribution in [1.82, 2.24) is 39.6 Å². The molecule has 1 aliphatic rings. The summed E-state index contributed by atoms with van der Waals surface area (Å²) < 4.78 is 15.4. The second-order valence-corrected chi connectivity index (χ2v) is 13.7. The maximum Gasteiger partial charge on any atom is 0.338 e. The summed E-state index contributed by atoms with van der Waals surface area (Å²) in [7, 11) is 2.17. The second kappa shape index (κ2) is 17.9. The number of unbranched alkanes of at least 4 members (excludes halogenated alkanes) is 1. The average Bonchev–Trinajstić information content (AvgIpc) is 3.77. The molecule has 274 valence electrons. The molecule has 3 heterocycles. The molecular formula is C40H49ClN8O3. The van der Waals surface area contributed by atoms with Crippen LogP contribution >= 0.6 is 11.6 Å². The van der Waals surface area contributed by atoms with Crippen molar-refractivity contribution in [2.45, 2.75) is 65.8 Å². The zero-order chi connectivity index (χ0) is 36.5. The van der Waals surface area contributed by atoms with E-state index in [2.05, 4.69) is 74.2 Å². The highest BCUT2D eigenvalue weighted by molar-refractivity contribution is 6.30. The van der Waals surface area contributed by atoms with Gasteiger partial charge in [0, 0.05) is 57.9 Å². The first-order valence-electron chi connectivity index (χ1n) is 18.3. The Bertz CT molecular complexity index is 1900. The summed E-state index contributed by atoms with van der Waals surface area (Å²) >= 11 is 6.72. The fourth-order valence-electron chi connectivity index (χ4n) is 6.57. The third kappa shape index (κ3) is 9.14. The predicted octanol–water partition coefficient (Wildman–Crippen LogP) is 6.95. The number of carbonyl (C=O) groups is 1. The lowest BCUT2D eigenvalue weighted by Crippen LogP contribution is -2.45. The van der Waals surface area contributed by atoms with Crippen LogP contribution < -0.4 is 0 Å². The number of halogens is 1. The smallest absolute Gasteiger partial charge is 0.338 e. The monoisotopic (exact) mass is 724 g/mol. The molecule has 0 spiro atoms. The van der Waals surface area contributed by atoms with Crippen LogP contribution in [0.4, 0.5) is 0 Å². The van der Waals surface area contributed by atoms with Gasteiger partial charge in [-0.3, -0.25) is 0 Å². The Balaban J connectivity index is 1.14. The quantitative estimate of drug-likeness (QED) is 0.100. The van der Waals surface area contributed by atoms with Crippen LogP contribution in [0.15, 0.2) is 72.8 Å². The molecule has 6 rings (SSSR count). The number of rotatable bonds is 16. The van der Waals surface area contributed by atoms with E-state index >= 15 is 0 Å². The van der Waals surface area contributed by atoms with Crippen molar-refractivity contribution in [3.63, 3.8) is 0 Å². The van der Waals surface area contributed by atoms with Gasteiger partial charge in [-0.1, -0.05) is 85.6 Å². The molecule has 0 N–H and O–H groups in total. The number of aryl methyl sites for hydroxylation is 1. The van der Waals surface area contributed by atoms with Crippen LogP contribution in [-0.2, 0) is 35.5 Å². The summed E-state index contributed by atoms with van der Waals surface area (Å²) in [5.41, 5.74) is 6.46. The van der Waals surface area contributed by atoms with Gasteiger partial charge in [-0.2, -0.15) is 4.68 Å². The van der Waals surface area contributed by atoms with Crippen molar-refractivity contribution in [1.29, 1.82) is 0 Å². The van der Waals surface area contributed by atoms with Gasteiger partial charge >= 0.3 is 5.97 Å². The molecule has 0 saturated carbocycles. The number of hydrogen-bond donors (Lipinski definition) is 0. The molecule has 1 atom stereocenters. The van der Waals surface area contributed by atoms with E-state index in [1.54, 1.807) is 4.68 Å². The first kappa shape index (κ1) is 37.3. The maximum atomic E-state index is 13.2. The molecule has 1 aliphatic heterocycles. The SMILES string of the molecule is CCCCc1nc(Cl)c(COC(=O)c2ccc(CCN3CCN(C)CC3)cc2)n1Cc1ccc(-c2ccccc2-c2nnnn2C(C)OCC)cc1. The summed E-state index contributed by atoms with van der Waals surface area (Å²) in [5, 5.41) is 12.8. The third-order valence-electron chi connectivity index (χ3n) is 9.72. The number of ether oxygens (including phenoxy) is 2. The first-order chi connectivity index (χ1) is 25.3. The van der Waals surface area contributed by atoms with Crippen LogP contribution in [0.3, 0.4) is 0 Å². The number of likely N-dealkylation sites (N-methyl/N-ethyl adjacent to an activating group) is 1. The molecule has 1 fully saturated rings. The molecule has 1 saturated heterocycles. The summed E-state index contributed by atoms with van der Waals surface area (Å²) in [6.45, 7) is 12.6. The van der Waals surface area contributed by atoms with Crippen molar-refractivity contribution in [2.24, 2.45) is 0 Å². The number of nitrogens with zero attached hydrogens (tertiary/aromatic N) is 8. The van der Waals surface area contributed by atoms with E-state index in [0.29, 0.717) is 35.4 Å². The normalized spacial score (nSPS) is 14.5. The zero-order valence-corrected chi connectivity index (χ0v) is 31.4. The molecule has 52 heavy (non-hydrogen) atoms. The van der Waals surface area contributed by atoms with Gasteiger partial charge in [0.15, 0.2) is 17.2 Å². The van der Waals surface area contributed by atoms with E-state index in [1.165, 1.54) is 5.56 Å². The van der Waals surface area contributed by atoms with Crippen molar-refractivity contribution in [3.05, 3.63) is 106 Å². The fraction of sp³-hybridized carbons (Fsp3) is 0.425. The number of benzene rings is 3. The Kier molecular flexibility index (Phi) is 12.8. The lowest BCUT2D eigenvalue weighted by molar-refractivity contribution is 0.0159. The molecule has 12 heteroatoms. The Hall–Kier alpha value is -4.42. The topological polar surface area (TPSA) is 103 Å². The van der Waals surface area contributed by atoms with E-state index < -0.39 is 0 Å². The number of carbonyl (C=O) groups excluding carboxylic acids is 1. The molecule has 0 aliphatic carbocycles. The highest BCUT2D eigenvalue weighted by Gasteiger charge is 2.21. The first-order valence-corrected chi connectivity index (χ1v) is 18.7. The van der Waals surface area contributed by atoms with Crippen LogP contribution in [0, 0.1) is 0 Å². The minimum Gasteiger partial charge on any atom is -0.456 e. The molecule has 11 nitrogen and oxygen atoms in total. The summed E-state index contributed by atoms with van der Waals surface area (Å²) in [5.74, 6) is 1.15. The van der Waals surface area contributed by atoms with E-state index in [1.807, 2.05) is 56.3 Å². The summed E-state index contributed by atoms with van der Waals surface area (Å²) in [6, 6.07) is 24.3. The molecule has 1 unspecified atom stereocenters. The van der Waals surface area contributed by atoms with Crippen molar-refractivity contribution < 1.29 is 14.3 Å². The highest BCUT2D eigenvalue weighted by Crippen LogP contribution is 2.32. The van der Waals surface area contributed by atoms with Crippen molar-refractivity contribution >= 4 is 17.6 Å². The Morgan fingerprint density at radius 3 is 2.33 bits per heavy atom. The van der Waals surface area contributed by atoms with E-state index in [0.717, 1.165) is 86.5 Å². The van der Waals surface area contributed by atoms with Gasteiger partial charge in [-0.15, -0.1) is 5.10 Å². The van der Waals surface area contributed by atoms with Crippen molar-refractivity contribution in [2.75, 3.05) is 46.4 Å². The van der Waals surface area contributed by atoms with Crippen LogP contribution in [0.25, 0.3) is 22.5 Å². The van der Waals surface area contributed by atoms with Gasteiger partial charge in [-0.05, 0) is 78.6 Å². The zero-order valence-electron chi connectivity index (χ0n) is 30.7. The number of tetrazole rings is 1. The van der Waals surface area contributed by atoms with Gasteiger partial charge in [-0.25, -0.2) is 9.78 Å². The number of esters is 1. The predicted molar refractivity (Wildman–Crippen MR) is 203 cm³/mol. The fourth-order valence-corrected chi connectivity index (χ4v) is 6.82. The van der Waals surface area contributed by atoms with Crippen LogP contribution in [-0.4, -0.2) is 91.9 Å². The van der Waals surface area contributed by atoms with E-state index in [-0.39, 0.29) is 18.8 Å². The number of imidazole rings is 1. The van der Waals surface area contributed by atoms with E-state index in [4.69, 9.17) is 26.1 Å². The van der Waals surface area contributed by atoms with Gasteiger partial charge in [0.25, 0.3) is 0 Å². The standard InChI is InChI=1S/C40H49ClN8O3/c1-5-7-12-37-42-38(41)36(28-52-40(50)33-19-13-30(14-20-33)21-22-47-25-23-46(4)24-26-47)48(37)27-31-15-17-32(18-16-31)34-10-8-9-11-35(34)39-43-44-45-49(39)29(3)51-6-2/h8-11,13-20,29H,5-7,12,21-28H2,1-4H3. The van der Waals surface area contributed by atoms with Gasteiger partial charge < -0.3 is 23.8 Å². The third-order valence-corrected chi connectivity index (χ3v) is 10.0. The molecular weight excluding hydrogens is 676 g/mol. The number of aromatic nitrogens is 6. The largest absolute Gasteiger partial charge is 0.456 e. The highest BCUT2D eigenvalue weighted by atomic mass is 35.5. The van der Waals surface area contributed by atoms with Crippen LogP contribution in [0.2, 0.25) is 5.15 Å². The Morgan fingerprint density at radius 1 is 0.904 bits per heavy atom.